The molecular weight excluding hydrogens is 370 g/mol. The molecular formula is C22H17N3O2S. The Labute approximate surface area is 165 Å². The number of rotatable bonds is 3. The summed E-state index contributed by atoms with van der Waals surface area (Å²) in [7, 11) is 0. The molecule has 0 radical (unpaired) electrons. The number of thiophene rings is 1. The van der Waals surface area contributed by atoms with Gasteiger partial charge in [-0.1, -0.05) is 48.5 Å². The van der Waals surface area contributed by atoms with E-state index in [-0.39, 0.29) is 18.9 Å². The molecule has 1 atom stereocenters. The second kappa shape index (κ2) is 6.82. The lowest BCUT2D eigenvalue weighted by Crippen LogP contribution is -2.27. The predicted octanol–water partition coefficient (Wildman–Crippen LogP) is 4.12. The molecule has 0 bridgehead atoms. The van der Waals surface area contributed by atoms with Crippen LogP contribution in [0.5, 0.6) is 0 Å². The van der Waals surface area contributed by atoms with Crippen LogP contribution in [0.15, 0.2) is 66.7 Å². The first kappa shape index (κ1) is 17.0. The van der Waals surface area contributed by atoms with Gasteiger partial charge >= 0.3 is 0 Å². The maximum Gasteiger partial charge on any atom is 0.233 e. The largest absolute Gasteiger partial charge is 0.391 e. The molecule has 5 nitrogen and oxygen atoms in total. The fourth-order valence-electron chi connectivity index (χ4n) is 3.48. The number of aliphatic hydroxyl groups is 1. The predicted molar refractivity (Wildman–Crippen MR) is 111 cm³/mol. The Morgan fingerprint density at radius 1 is 0.929 bits per heavy atom. The van der Waals surface area contributed by atoms with Crippen molar-refractivity contribution >= 4 is 34.1 Å². The van der Waals surface area contributed by atoms with Crippen LogP contribution in [0.4, 0.5) is 5.95 Å². The number of hydrogen-bond donors (Lipinski definition) is 1. The topological polar surface area (TPSA) is 66.3 Å². The zero-order valence-electron chi connectivity index (χ0n) is 14.9. The van der Waals surface area contributed by atoms with Crippen molar-refractivity contribution in [3.8, 4) is 21.0 Å². The minimum absolute atomic E-state index is 0.114. The van der Waals surface area contributed by atoms with Crippen LogP contribution in [-0.2, 0) is 4.79 Å². The summed E-state index contributed by atoms with van der Waals surface area (Å²) in [5.74, 6) is 0.204. The number of para-hydroxylation sites is 1. The van der Waals surface area contributed by atoms with Gasteiger partial charge in [0.05, 0.1) is 35.2 Å². The van der Waals surface area contributed by atoms with E-state index in [2.05, 4.69) is 29.2 Å². The molecule has 2 aromatic carbocycles. The highest BCUT2D eigenvalue weighted by atomic mass is 32.1. The molecule has 5 rings (SSSR count). The third-order valence-electron chi connectivity index (χ3n) is 4.84. The van der Waals surface area contributed by atoms with Gasteiger partial charge in [0.15, 0.2) is 0 Å². The number of nitrogens with zero attached hydrogens (tertiary/aromatic N) is 3. The van der Waals surface area contributed by atoms with Crippen LogP contribution in [0, 0.1) is 0 Å². The second-order valence-electron chi connectivity index (χ2n) is 6.78. The Balaban J connectivity index is 1.65. The lowest BCUT2D eigenvalue weighted by atomic mass is 10.1. The number of amides is 1. The Morgan fingerprint density at radius 2 is 1.68 bits per heavy atom. The molecule has 1 N–H and O–H groups in total. The summed E-state index contributed by atoms with van der Waals surface area (Å²) >= 11 is 1.66. The minimum atomic E-state index is -0.669. The first-order valence-corrected chi connectivity index (χ1v) is 9.91. The van der Waals surface area contributed by atoms with Crippen molar-refractivity contribution in [2.75, 3.05) is 11.4 Å². The van der Waals surface area contributed by atoms with Crippen molar-refractivity contribution in [3.05, 3.63) is 66.7 Å². The number of aliphatic hydroxyl groups excluding tert-OH is 1. The molecule has 1 fully saturated rings. The first-order valence-electron chi connectivity index (χ1n) is 9.10. The number of carbonyl (C=O) groups excluding carboxylic acids is 1. The average molecular weight is 387 g/mol. The molecule has 1 aliphatic heterocycles. The molecule has 6 heteroatoms. The van der Waals surface area contributed by atoms with Crippen LogP contribution >= 0.6 is 11.3 Å². The van der Waals surface area contributed by atoms with Crippen molar-refractivity contribution < 1.29 is 9.90 Å². The van der Waals surface area contributed by atoms with E-state index in [9.17, 15) is 9.90 Å². The number of aromatic nitrogens is 2. The maximum absolute atomic E-state index is 12.2. The van der Waals surface area contributed by atoms with Crippen LogP contribution in [0.2, 0.25) is 0 Å². The molecule has 4 aromatic rings. The van der Waals surface area contributed by atoms with E-state index in [1.54, 1.807) is 11.3 Å². The van der Waals surface area contributed by atoms with Gasteiger partial charge in [0.1, 0.15) is 0 Å². The Morgan fingerprint density at radius 3 is 2.46 bits per heavy atom. The van der Waals surface area contributed by atoms with E-state index in [0.29, 0.717) is 5.95 Å². The van der Waals surface area contributed by atoms with E-state index in [0.717, 1.165) is 31.9 Å². The van der Waals surface area contributed by atoms with Crippen LogP contribution in [0.1, 0.15) is 6.42 Å². The van der Waals surface area contributed by atoms with Gasteiger partial charge in [-0.2, -0.15) is 0 Å². The number of anilines is 1. The van der Waals surface area contributed by atoms with Gasteiger partial charge in [0, 0.05) is 10.3 Å². The standard InChI is InChI=1S/C22H17N3O2S/c26-15-12-20(27)25(13-15)22-23-17-9-5-4-8-16(17)21(24-22)19-11-10-18(28-19)14-6-2-1-3-7-14/h1-11,15,26H,12-13H2/t15-/m1/s1. The fourth-order valence-corrected chi connectivity index (χ4v) is 4.49. The first-order chi connectivity index (χ1) is 13.7. The Hall–Kier alpha value is -3.09. The summed E-state index contributed by atoms with van der Waals surface area (Å²) in [6.45, 7) is 0.232. The van der Waals surface area contributed by atoms with Crippen molar-refractivity contribution in [2.24, 2.45) is 0 Å². The molecule has 0 saturated carbocycles. The van der Waals surface area contributed by atoms with Gasteiger partial charge in [0.2, 0.25) is 11.9 Å². The fraction of sp³-hybridized carbons (Fsp3) is 0.136. The van der Waals surface area contributed by atoms with E-state index < -0.39 is 6.10 Å². The summed E-state index contributed by atoms with van der Waals surface area (Å²) in [5, 5.41) is 10.8. The van der Waals surface area contributed by atoms with Crippen LogP contribution in [0.25, 0.3) is 31.9 Å². The van der Waals surface area contributed by atoms with Gasteiger partial charge in [0.25, 0.3) is 0 Å². The molecule has 1 aliphatic rings. The second-order valence-corrected chi connectivity index (χ2v) is 7.87. The van der Waals surface area contributed by atoms with Gasteiger partial charge in [-0.3, -0.25) is 9.69 Å². The molecule has 2 aromatic heterocycles. The molecule has 1 saturated heterocycles. The summed E-state index contributed by atoms with van der Waals surface area (Å²) in [5.41, 5.74) is 2.75. The number of fused-ring (bicyclic) bond motifs is 1. The Kier molecular flexibility index (Phi) is 4.15. The molecule has 138 valence electrons. The molecule has 3 heterocycles. The molecule has 0 unspecified atom stereocenters. The lowest BCUT2D eigenvalue weighted by molar-refractivity contribution is -0.117. The number of benzene rings is 2. The number of β-amino-alcohol motifs (C(OH)–C–C–N with tert-alkyl or cyclic N) is 1. The van der Waals surface area contributed by atoms with E-state index in [4.69, 9.17) is 4.98 Å². The summed E-state index contributed by atoms with van der Waals surface area (Å²) < 4.78 is 0. The van der Waals surface area contributed by atoms with Crippen molar-refractivity contribution in [2.45, 2.75) is 12.5 Å². The summed E-state index contributed by atoms with van der Waals surface area (Å²) in [6, 6.07) is 22.2. The average Bonchev–Trinajstić information content (AvgIpc) is 3.34. The van der Waals surface area contributed by atoms with Crippen molar-refractivity contribution in [3.63, 3.8) is 0 Å². The minimum Gasteiger partial charge on any atom is -0.391 e. The smallest absolute Gasteiger partial charge is 0.233 e. The third kappa shape index (κ3) is 2.96. The van der Waals surface area contributed by atoms with Gasteiger partial charge in [-0.25, -0.2) is 9.97 Å². The lowest BCUT2D eigenvalue weighted by Gasteiger charge is -2.15. The normalized spacial score (nSPS) is 16.8. The monoisotopic (exact) mass is 387 g/mol. The zero-order valence-corrected chi connectivity index (χ0v) is 15.8. The summed E-state index contributed by atoms with van der Waals surface area (Å²) in [4.78, 5) is 25.2. The van der Waals surface area contributed by atoms with Crippen LogP contribution in [-0.4, -0.2) is 33.6 Å². The van der Waals surface area contributed by atoms with E-state index >= 15 is 0 Å². The molecule has 0 spiro atoms. The highest BCUT2D eigenvalue weighted by molar-refractivity contribution is 7.18. The SMILES string of the molecule is O=C1C[C@@H](O)CN1c1nc(-c2ccc(-c3ccccc3)s2)c2ccccc2n1. The number of carbonyl (C=O) groups is 1. The van der Waals surface area contributed by atoms with E-state index in [1.165, 1.54) is 4.90 Å². The third-order valence-corrected chi connectivity index (χ3v) is 5.98. The number of hydrogen-bond acceptors (Lipinski definition) is 5. The van der Waals surface area contributed by atoms with Crippen molar-refractivity contribution in [1.29, 1.82) is 0 Å². The van der Waals surface area contributed by atoms with Crippen LogP contribution < -0.4 is 4.90 Å². The van der Waals surface area contributed by atoms with Crippen molar-refractivity contribution in [1.82, 2.24) is 9.97 Å². The highest BCUT2D eigenvalue weighted by Crippen LogP contribution is 2.37. The van der Waals surface area contributed by atoms with E-state index in [1.807, 2.05) is 42.5 Å². The van der Waals surface area contributed by atoms with Gasteiger partial charge < -0.3 is 5.11 Å². The quantitative estimate of drug-likeness (QED) is 0.574. The molecule has 0 aliphatic carbocycles. The molecule has 28 heavy (non-hydrogen) atoms. The summed E-state index contributed by atoms with van der Waals surface area (Å²) in [6.07, 6.45) is -0.555. The zero-order chi connectivity index (χ0) is 19.1. The maximum atomic E-state index is 12.2. The Bertz CT molecular complexity index is 1170. The van der Waals surface area contributed by atoms with Gasteiger partial charge in [-0.15, -0.1) is 11.3 Å². The molecule has 1 amide bonds. The highest BCUT2D eigenvalue weighted by Gasteiger charge is 2.31. The van der Waals surface area contributed by atoms with Crippen LogP contribution in [0.3, 0.4) is 0 Å². The van der Waals surface area contributed by atoms with Gasteiger partial charge in [-0.05, 0) is 23.8 Å².